The number of nitrogens with one attached hydrogen (secondary N) is 1. The molecule has 1 nitrogen and oxygen atoms in total. The van der Waals surface area contributed by atoms with E-state index in [1.807, 2.05) is 0 Å². The van der Waals surface area contributed by atoms with Crippen LogP contribution in [0.25, 0.3) is 0 Å². The van der Waals surface area contributed by atoms with Crippen molar-refractivity contribution < 1.29 is 0 Å². The predicted octanol–water partition coefficient (Wildman–Crippen LogP) is 3.76. The Kier molecular flexibility index (Phi) is 5.48. The third kappa shape index (κ3) is 4.65. The van der Waals surface area contributed by atoms with Gasteiger partial charge in [0, 0.05) is 0 Å². The lowest BCUT2D eigenvalue weighted by molar-refractivity contribution is 1.09. The van der Waals surface area contributed by atoms with Gasteiger partial charge in [0.15, 0.2) is 0 Å². The summed E-state index contributed by atoms with van der Waals surface area (Å²) in [6.07, 6.45) is 7.25. The van der Waals surface area contributed by atoms with Gasteiger partial charge in [-0.1, -0.05) is 97.3 Å². The van der Waals surface area contributed by atoms with Crippen LogP contribution in [-0.2, 0) is 0 Å². The number of allylic oxidation sites excluding steroid dienone is 4. The highest BCUT2D eigenvalue weighted by Crippen LogP contribution is 2.29. The maximum absolute atomic E-state index is 3.92. The lowest BCUT2D eigenvalue weighted by Crippen LogP contribution is -2.51. The summed E-state index contributed by atoms with van der Waals surface area (Å²) in [6, 6.07) is 11.3. The second-order valence-corrected chi connectivity index (χ2v) is 21.2. The number of rotatable bonds is 6. The van der Waals surface area contributed by atoms with Crippen molar-refractivity contribution >= 4 is 30.3 Å². The summed E-state index contributed by atoms with van der Waals surface area (Å²) < 4.78 is 0. The fourth-order valence-electron chi connectivity index (χ4n) is 3.12. The van der Waals surface area contributed by atoms with Crippen molar-refractivity contribution in [2.75, 3.05) is 6.17 Å². The molecule has 1 aliphatic rings. The average molecular weight is 346 g/mol. The maximum Gasteiger partial charge on any atom is 0.116 e. The highest BCUT2D eigenvalue weighted by Gasteiger charge is 2.30. The first-order valence-electron chi connectivity index (χ1n) is 8.38. The van der Waals surface area contributed by atoms with Gasteiger partial charge in [0.05, 0.1) is 8.07 Å². The summed E-state index contributed by atoms with van der Waals surface area (Å²) in [7, 11) is -3.59. The van der Waals surface area contributed by atoms with Crippen molar-refractivity contribution in [3.05, 3.63) is 52.9 Å². The molecule has 0 saturated heterocycles. The zero-order valence-corrected chi connectivity index (χ0v) is 18.2. The van der Waals surface area contributed by atoms with E-state index in [1.165, 1.54) is 12.6 Å². The molecule has 0 heterocycles. The van der Waals surface area contributed by atoms with Crippen LogP contribution in [0.2, 0.25) is 39.3 Å². The second kappa shape index (κ2) is 6.83. The van der Waals surface area contributed by atoms with Gasteiger partial charge in [0.25, 0.3) is 0 Å². The number of hydrogen-bond donors (Lipinski definition) is 1. The first kappa shape index (κ1) is 17.7. The van der Waals surface area contributed by atoms with Gasteiger partial charge < -0.3 is 4.98 Å². The van der Waals surface area contributed by atoms with Crippen LogP contribution in [0.1, 0.15) is 6.42 Å². The molecular formula is C18H31NSi3. The normalized spacial score (nSPS) is 17.2. The molecule has 4 heteroatoms. The molecule has 22 heavy (non-hydrogen) atoms. The zero-order valence-electron chi connectivity index (χ0n) is 15.0. The van der Waals surface area contributed by atoms with Crippen LogP contribution in [0.15, 0.2) is 52.9 Å². The lowest BCUT2D eigenvalue weighted by Gasteiger charge is -2.28. The van der Waals surface area contributed by atoms with E-state index in [0.29, 0.717) is 0 Å². The van der Waals surface area contributed by atoms with Gasteiger partial charge in [-0.25, -0.2) is 0 Å². The quantitative estimate of drug-likeness (QED) is 0.774. The molecule has 1 unspecified atom stereocenters. The van der Waals surface area contributed by atoms with E-state index in [4.69, 9.17) is 0 Å². The Labute approximate surface area is 140 Å². The van der Waals surface area contributed by atoms with E-state index < -0.39 is 25.1 Å². The molecule has 0 bridgehead atoms. The van der Waals surface area contributed by atoms with E-state index in [2.05, 4.69) is 86.7 Å². The minimum atomic E-state index is -1.25. The molecule has 0 aromatic heterocycles. The molecule has 0 radical (unpaired) electrons. The Bertz CT molecular complexity index is 562. The summed E-state index contributed by atoms with van der Waals surface area (Å²) in [5.41, 5.74) is 0. The van der Waals surface area contributed by atoms with Gasteiger partial charge in [-0.15, -0.1) is 0 Å². The highest BCUT2D eigenvalue weighted by molar-refractivity contribution is 6.89. The topological polar surface area (TPSA) is 12.0 Å². The van der Waals surface area contributed by atoms with Crippen LogP contribution in [-0.4, -0.2) is 31.3 Å². The van der Waals surface area contributed by atoms with Crippen molar-refractivity contribution in [1.82, 2.24) is 4.98 Å². The molecule has 2 rings (SSSR count). The molecule has 0 spiro atoms. The molecule has 1 aromatic rings. The molecule has 1 aliphatic carbocycles. The monoisotopic (exact) mass is 345 g/mol. The average Bonchev–Trinajstić information content (AvgIpc) is 2.88. The second-order valence-electron chi connectivity index (χ2n) is 8.39. The molecule has 1 atom stereocenters. The van der Waals surface area contributed by atoms with Gasteiger partial charge in [0.1, 0.15) is 17.0 Å². The van der Waals surface area contributed by atoms with Gasteiger partial charge in [0.2, 0.25) is 0 Å². The highest BCUT2D eigenvalue weighted by atomic mass is 28.3. The molecule has 0 amide bonds. The van der Waals surface area contributed by atoms with Crippen molar-refractivity contribution in [2.24, 2.45) is 0 Å². The Morgan fingerprint density at radius 1 is 1.00 bits per heavy atom. The van der Waals surface area contributed by atoms with E-state index in [0.717, 1.165) is 0 Å². The summed E-state index contributed by atoms with van der Waals surface area (Å²) in [4.78, 5) is 3.92. The van der Waals surface area contributed by atoms with Crippen LogP contribution < -0.4 is 10.2 Å². The van der Waals surface area contributed by atoms with E-state index >= 15 is 0 Å². The van der Waals surface area contributed by atoms with Crippen molar-refractivity contribution in [2.45, 2.75) is 45.7 Å². The minimum Gasteiger partial charge on any atom is -0.339 e. The molecule has 0 saturated carbocycles. The van der Waals surface area contributed by atoms with Crippen molar-refractivity contribution in [3.8, 4) is 0 Å². The Morgan fingerprint density at radius 2 is 1.64 bits per heavy atom. The summed E-state index contributed by atoms with van der Waals surface area (Å²) >= 11 is 0. The molecule has 0 aliphatic heterocycles. The standard InChI is InChI=1S/C18H31NSi3/c1-21(2,3)18-14-10-13-17(18)20(15-19-22(4,5)6)16-11-8-7-9-12-16/h7-12,14,19-20H,13,15H2,1-6H3. The summed E-state index contributed by atoms with van der Waals surface area (Å²) in [5, 5.41) is 5.13. The molecule has 0 fully saturated rings. The van der Waals surface area contributed by atoms with Crippen LogP contribution in [0, 0.1) is 0 Å². The van der Waals surface area contributed by atoms with Crippen LogP contribution in [0.3, 0.4) is 0 Å². The maximum atomic E-state index is 3.92. The van der Waals surface area contributed by atoms with Crippen molar-refractivity contribution in [1.29, 1.82) is 0 Å². The number of benzene rings is 1. The summed E-state index contributed by atoms with van der Waals surface area (Å²) in [6.45, 7) is 14.7. The van der Waals surface area contributed by atoms with Gasteiger partial charge in [-0.05, 0) is 12.6 Å². The van der Waals surface area contributed by atoms with E-state index in [1.54, 1.807) is 15.6 Å². The Balaban J connectivity index is 2.37. The summed E-state index contributed by atoms with van der Waals surface area (Å²) in [5.74, 6) is 0. The Hall–Kier alpha value is -0.689. The lowest BCUT2D eigenvalue weighted by atomic mass is 10.4. The smallest absolute Gasteiger partial charge is 0.116 e. The van der Waals surface area contributed by atoms with Crippen LogP contribution in [0.4, 0.5) is 0 Å². The predicted molar refractivity (Wildman–Crippen MR) is 109 cm³/mol. The van der Waals surface area contributed by atoms with Gasteiger partial charge >= 0.3 is 0 Å². The van der Waals surface area contributed by atoms with Gasteiger partial charge in [-0.3, -0.25) is 0 Å². The third-order valence-electron chi connectivity index (χ3n) is 4.24. The fourth-order valence-corrected chi connectivity index (χ4v) is 12.4. The molecule has 1 aromatic carbocycles. The molecule has 120 valence electrons. The van der Waals surface area contributed by atoms with E-state index in [-0.39, 0.29) is 0 Å². The zero-order chi connectivity index (χ0) is 16.4. The van der Waals surface area contributed by atoms with E-state index in [9.17, 15) is 0 Å². The number of hydrogen-bond acceptors (Lipinski definition) is 1. The van der Waals surface area contributed by atoms with Crippen LogP contribution >= 0.6 is 0 Å². The Morgan fingerprint density at radius 3 is 2.18 bits per heavy atom. The molecular weight excluding hydrogens is 314 g/mol. The fraction of sp³-hybridized carbons (Fsp3) is 0.444. The SMILES string of the molecule is C[Si](C)(C)NC[SiH](C1=C([Si](C)(C)C)C=CC1)c1ccccc1. The largest absolute Gasteiger partial charge is 0.339 e. The third-order valence-corrected chi connectivity index (χ3v) is 11.5. The first-order chi connectivity index (χ1) is 10.2. The minimum absolute atomic E-state index is 1.13. The van der Waals surface area contributed by atoms with Crippen molar-refractivity contribution in [3.63, 3.8) is 0 Å². The van der Waals surface area contributed by atoms with Crippen LogP contribution in [0.5, 0.6) is 0 Å². The molecule has 1 N–H and O–H groups in total. The first-order valence-corrected chi connectivity index (χ1v) is 17.4. The van der Waals surface area contributed by atoms with Gasteiger partial charge in [-0.2, -0.15) is 0 Å².